The van der Waals surface area contributed by atoms with Gasteiger partial charge in [-0.05, 0) is 11.8 Å². The van der Waals surface area contributed by atoms with Crippen LogP contribution in [-0.4, -0.2) is 44.8 Å². The van der Waals surface area contributed by atoms with Crippen LogP contribution in [0.4, 0.5) is 0 Å². The molecule has 0 aromatic rings. The highest BCUT2D eigenvalue weighted by Gasteiger charge is 2.16. The molecule has 0 bridgehead atoms. The minimum Gasteiger partial charge on any atom is -0.392 e. The number of ether oxygens (including phenoxy) is 2. The molecule has 1 unspecified atom stereocenters. The topological polar surface area (TPSA) is 50.7 Å². The van der Waals surface area contributed by atoms with E-state index < -0.39 is 0 Å². The Balaban J connectivity index is 3.58. The zero-order valence-electron chi connectivity index (χ0n) is 10.5. The quantitative estimate of drug-likeness (QED) is 0.627. The number of methoxy groups -OCH3 is 2. The van der Waals surface area contributed by atoms with Crippen LogP contribution in [0.3, 0.4) is 0 Å². The van der Waals surface area contributed by atoms with Crippen molar-refractivity contribution in [3.8, 4) is 0 Å². The van der Waals surface area contributed by atoms with E-state index in [1.54, 1.807) is 14.2 Å². The molecule has 4 nitrogen and oxygen atoms in total. The first-order valence-corrected chi connectivity index (χ1v) is 5.33. The minimum atomic E-state index is -0.320. The van der Waals surface area contributed by atoms with Crippen LogP contribution < -0.4 is 5.32 Å². The zero-order chi connectivity index (χ0) is 11.9. The van der Waals surface area contributed by atoms with E-state index in [9.17, 15) is 5.11 Å². The Hall–Kier alpha value is -0.160. The molecule has 0 aliphatic carbocycles. The van der Waals surface area contributed by atoms with Crippen molar-refractivity contribution in [3.63, 3.8) is 0 Å². The van der Waals surface area contributed by atoms with E-state index in [1.165, 1.54) is 0 Å². The summed E-state index contributed by atoms with van der Waals surface area (Å²) in [5, 5.41) is 12.8. The Morgan fingerprint density at radius 2 is 1.67 bits per heavy atom. The van der Waals surface area contributed by atoms with Gasteiger partial charge in [0.15, 0.2) is 6.29 Å². The van der Waals surface area contributed by atoms with E-state index in [0.717, 1.165) is 6.42 Å². The van der Waals surface area contributed by atoms with Gasteiger partial charge in [-0.1, -0.05) is 20.8 Å². The molecule has 15 heavy (non-hydrogen) atoms. The van der Waals surface area contributed by atoms with Gasteiger partial charge in [-0.15, -0.1) is 0 Å². The molecule has 0 radical (unpaired) electrons. The second kappa shape index (κ2) is 7.17. The fraction of sp³-hybridized carbons (Fsp3) is 1.00. The van der Waals surface area contributed by atoms with Crippen molar-refractivity contribution in [3.05, 3.63) is 0 Å². The largest absolute Gasteiger partial charge is 0.392 e. The van der Waals surface area contributed by atoms with Gasteiger partial charge in [-0.2, -0.15) is 0 Å². The second-order valence-electron chi connectivity index (χ2n) is 4.98. The molecule has 92 valence electrons. The van der Waals surface area contributed by atoms with Crippen molar-refractivity contribution in [2.24, 2.45) is 5.41 Å². The molecule has 0 fully saturated rings. The van der Waals surface area contributed by atoms with E-state index in [2.05, 4.69) is 26.1 Å². The van der Waals surface area contributed by atoms with Crippen LogP contribution in [0.5, 0.6) is 0 Å². The summed E-state index contributed by atoms with van der Waals surface area (Å²) in [5.41, 5.74) is 0.156. The summed E-state index contributed by atoms with van der Waals surface area (Å²) in [7, 11) is 3.20. The Morgan fingerprint density at radius 3 is 2.07 bits per heavy atom. The fourth-order valence-electron chi connectivity index (χ4n) is 1.41. The van der Waals surface area contributed by atoms with Crippen LogP contribution in [-0.2, 0) is 9.47 Å². The van der Waals surface area contributed by atoms with Crippen LogP contribution in [0.25, 0.3) is 0 Å². The molecule has 0 saturated carbocycles. The normalized spacial score (nSPS) is 14.6. The highest BCUT2D eigenvalue weighted by atomic mass is 16.7. The second-order valence-corrected chi connectivity index (χ2v) is 4.98. The van der Waals surface area contributed by atoms with E-state index >= 15 is 0 Å². The summed E-state index contributed by atoms with van der Waals surface area (Å²) >= 11 is 0. The van der Waals surface area contributed by atoms with Gasteiger partial charge in [0, 0.05) is 27.3 Å². The molecule has 4 heteroatoms. The van der Waals surface area contributed by atoms with Crippen molar-refractivity contribution < 1.29 is 14.6 Å². The lowest BCUT2D eigenvalue weighted by molar-refractivity contribution is -0.0995. The molecule has 0 rings (SSSR count). The van der Waals surface area contributed by atoms with Crippen LogP contribution in [0.1, 0.15) is 27.2 Å². The van der Waals surface area contributed by atoms with E-state index in [4.69, 9.17) is 9.47 Å². The molecule has 2 N–H and O–H groups in total. The zero-order valence-corrected chi connectivity index (χ0v) is 10.5. The summed E-state index contributed by atoms with van der Waals surface area (Å²) in [5.74, 6) is 0. The number of hydrogen-bond donors (Lipinski definition) is 2. The first-order valence-electron chi connectivity index (χ1n) is 5.33. The average molecular weight is 219 g/mol. The van der Waals surface area contributed by atoms with Crippen molar-refractivity contribution in [1.29, 1.82) is 0 Å². The summed E-state index contributed by atoms with van der Waals surface area (Å²) in [4.78, 5) is 0. The first-order chi connectivity index (χ1) is 6.89. The predicted molar refractivity (Wildman–Crippen MR) is 60.8 cm³/mol. The maximum Gasteiger partial charge on any atom is 0.169 e. The molecule has 0 aromatic heterocycles. The van der Waals surface area contributed by atoms with Gasteiger partial charge in [0.25, 0.3) is 0 Å². The maximum atomic E-state index is 9.70. The Kier molecular flexibility index (Phi) is 7.09. The molecule has 0 heterocycles. The third-order valence-corrected chi connectivity index (χ3v) is 2.06. The Morgan fingerprint density at radius 1 is 1.13 bits per heavy atom. The van der Waals surface area contributed by atoms with Crippen molar-refractivity contribution in [1.82, 2.24) is 5.32 Å². The van der Waals surface area contributed by atoms with E-state index in [0.29, 0.717) is 13.1 Å². The van der Waals surface area contributed by atoms with Gasteiger partial charge < -0.3 is 19.9 Å². The van der Waals surface area contributed by atoms with Crippen molar-refractivity contribution in [2.75, 3.05) is 27.3 Å². The predicted octanol–water partition coefficient (Wildman–Crippen LogP) is 0.992. The van der Waals surface area contributed by atoms with Crippen LogP contribution in [0.2, 0.25) is 0 Å². The molecular weight excluding hydrogens is 194 g/mol. The summed E-state index contributed by atoms with van der Waals surface area (Å²) < 4.78 is 10.0. The Labute approximate surface area is 93.0 Å². The molecular formula is C11H25NO3. The van der Waals surface area contributed by atoms with E-state index in [-0.39, 0.29) is 17.8 Å². The van der Waals surface area contributed by atoms with Crippen molar-refractivity contribution >= 4 is 0 Å². The maximum absolute atomic E-state index is 9.70. The van der Waals surface area contributed by atoms with Gasteiger partial charge in [0.05, 0.1) is 6.10 Å². The Bertz CT molecular complexity index is 152. The van der Waals surface area contributed by atoms with Gasteiger partial charge in [-0.25, -0.2) is 0 Å². The third-order valence-electron chi connectivity index (χ3n) is 2.06. The molecule has 0 aliphatic rings. The fourth-order valence-corrected chi connectivity index (χ4v) is 1.41. The SMILES string of the molecule is COC(CNCC(O)CC(C)(C)C)OC. The highest BCUT2D eigenvalue weighted by molar-refractivity contribution is 4.70. The molecule has 1 atom stereocenters. The smallest absolute Gasteiger partial charge is 0.169 e. The van der Waals surface area contributed by atoms with Crippen LogP contribution in [0, 0.1) is 5.41 Å². The number of rotatable bonds is 7. The monoisotopic (exact) mass is 219 g/mol. The highest BCUT2D eigenvalue weighted by Crippen LogP contribution is 2.20. The molecule has 0 amide bonds. The van der Waals surface area contributed by atoms with Crippen molar-refractivity contribution in [2.45, 2.75) is 39.6 Å². The van der Waals surface area contributed by atoms with Gasteiger partial charge in [0.2, 0.25) is 0 Å². The van der Waals surface area contributed by atoms with Crippen LogP contribution >= 0.6 is 0 Å². The first kappa shape index (κ1) is 14.8. The van der Waals surface area contributed by atoms with Gasteiger partial charge >= 0.3 is 0 Å². The molecule has 0 spiro atoms. The lowest BCUT2D eigenvalue weighted by atomic mass is 9.89. The van der Waals surface area contributed by atoms with Crippen LogP contribution in [0.15, 0.2) is 0 Å². The minimum absolute atomic E-state index is 0.156. The number of hydrogen-bond acceptors (Lipinski definition) is 4. The molecule has 0 aliphatic heterocycles. The summed E-state index contributed by atoms with van der Waals surface area (Å²) in [6, 6.07) is 0. The van der Waals surface area contributed by atoms with Gasteiger partial charge in [0.1, 0.15) is 0 Å². The third kappa shape index (κ3) is 8.81. The van der Waals surface area contributed by atoms with E-state index in [1.807, 2.05) is 0 Å². The summed E-state index contributed by atoms with van der Waals surface area (Å²) in [6.07, 6.45) is 0.219. The summed E-state index contributed by atoms with van der Waals surface area (Å²) in [6.45, 7) is 7.50. The molecule has 0 aromatic carbocycles. The number of aliphatic hydroxyl groups is 1. The lowest BCUT2D eigenvalue weighted by Gasteiger charge is -2.23. The lowest BCUT2D eigenvalue weighted by Crippen LogP contribution is -2.36. The average Bonchev–Trinajstić information content (AvgIpc) is 2.09. The van der Waals surface area contributed by atoms with Gasteiger partial charge in [-0.3, -0.25) is 0 Å². The number of aliphatic hydroxyl groups excluding tert-OH is 1. The number of nitrogens with one attached hydrogen (secondary N) is 1. The standard InChI is InChI=1S/C11H25NO3/c1-11(2,3)6-9(13)7-12-8-10(14-4)15-5/h9-10,12-13H,6-8H2,1-5H3. The molecule has 0 saturated heterocycles.